The molecule has 2 aromatic carbocycles. The average Bonchev–Trinajstić information content (AvgIpc) is 2.95. The standard InChI is InChI=1S/C23H26N2O5/c1-15-19-8-7-18(22(26)24-28)13-21(19)30-14-20(16-5-3-2-4-6-16)25(15)23(27)17-9-11-29-12-10-17/h2-8,13,15,17,20,28H,9-12,14H2,1H3,(H,24,26)/t15?,20-/m1/s1. The van der Waals surface area contributed by atoms with Crippen molar-refractivity contribution in [2.75, 3.05) is 19.8 Å². The minimum Gasteiger partial charge on any atom is -0.491 e. The van der Waals surface area contributed by atoms with Crippen LogP contribution >= 0.6 is 0 Å². The molecule has 1 unspecified atom stereocenters. The van der Waals surface area contributed by atoms with Gasteiger partial charge in [-0.25, -0.2) is 5.48 Å². The fraction of sp³-hybridized carbons (Fsp3) is 0.391. The lowest BCUT2D eigenvalue weighted by atomic mass is 9.93. The van der Waals surface area contributed by atoms with Crippen molar-refractivity contribution in [3.05, 3.63) is 65.2 Å². The normalized spacial score (nSPS) is 21.9. The Bertz CT molecular complexity index is 911. The molecule has 2 N–H and O–H groups in total. The second kappa shape index (κ2) is 8.85. The van der Waals surface area contributed by atoms with E-state index in [0.29, 0.717) is 37.4 Å². The zero-order valence-corrected chi connectivity index (χ0v) is 16.9. The molecule has 30 heavy (non-hydrogen) atoms. The molecule has 1 fully saturated rings. The number of hydrogen-bond acceptors (Lipinski definition) is 5. The monoisotopic (exact) mass is 410 g/mol. The lowest BCUT2D eigenvalue weighted by Gasteiger charge is -2.37. The molecule has 158 valence electrons. The predicted molar refractivity (Wildman–Crippen MR) is 109 cm³/mol. The molecule has 0 bridgehead atoms. The molecule has 0 radical (unpaired) electrons. The highest BCUT2D eigenvalue weighted by Gasteiger charge is 2.38. The van der Waals surface area contributed by atoms with Gasteiger partial charge in [0.15, 0.2) is 0 Å². The number of hydrogen-bond donors (Lipinski definition) is 2. The Morgan fingerprint density at radius 3 is 2.53 bits per heavy atom. The van der Waals surface area contributed by atoms with E-state index < -0.39 is 5.91 Å². The zero-order chi connectivity index (χ0) is 21.1. The number of nitrogens with one attached hydrogen (secondary N) is 1. The van der Waals surface area contributed by atoms with Gasteiger partial charge in [-0.15, -0.1) is 0 Å². The summed E-state index contributed by atoms with van der Waals surface area (Å²) in [5, 5.41) is 8.95. The summed E-state index contributed by atoms with van der Waals surface area (Å²) in [7, 11) is 0. The molecule has 1 saturated heterocycles. The van der Waals surface area contributed by atoms with Gasteiger partial charge in [-0.05, 0) is 37.5 Å². The van der Waals surface area contributed by atoms with Gasteiger partial charge in [0.05, 0.1) is 12.1 Å². The first-order valence-electron chi connectivity index (χ1n) is 10.3. The summed E-state index contributed by atoms with van der Waals surface area (Å²) in [5.74, 6) is -0.0264. The van der Waals surface area contributed by atoms with Gasteiger partial charge in [0, 0.05) is 30.3 Å². The van der Waals surface area contributed by atoms with Gasteiger partial charge < -0.3 is 14.4 Å². The number of rotatable bonds is 3. The van der Waals surface area contributed by atoms with Crippen LogP contribution in [0.15, 0.2) is 48.5 Å². The third-order valence-corrected chi connectivity index (χ3v) is 5.99. The van der Waals surface area contributed by atoms with E-state index in [-0.39, 0.29) is 30.5 Å². The molecule has 2 atom stereocenters. The van der Waals surface area contributed by atoms with E-state index in [1.165, 1.54) is 0 Å². The number of hydroxylamine groups is 1. The third-order valence-electron chi connectivity index (χ3n) is 5.99. The molecule has 0 spiro atoms. The van der Waals surface area contributed by atoms with Crippen molar-refractivity contribution >= 4 is 11.8 Å². The lowest BCUT2D eigenvalue weighted by Crippen LogP contribution is -2.43. The Hall–Kier alpha value is -2.90. The summed E-state index contributed by atoms with van der Waals surface area (Å²) < 4.78 is 11.6. The Morgan fingerprint density at radius 1 is 1.10 bits per heavy atom. The van der Waals surface area contributed by atoms with E-state index in [0.717, 1.165) is 11.1 Å². The molecule has 7 heteroatoms. The molecule has 2 aromatic rings. The molecule has 2 amide bonds. The lowest BCUT2D eigenvalue weighted by molar-refractivity contribution is -0.144. The zero-order valence-electron chi connectivity index (χ0n) is 16.9. The van der Waals surface area contributed by atoms with Crippen molar-refractivity contribution in [3.63, 3.8) is 0 Å². The number of fused-ring (bicyclic) bond motifs is 1. The molecule has 2 aliphatic rings. The van der Waals surface area contributed by atoms with Gasteiger partial charge in [-0.2, -0.15) is 0 Å². The summed E-state index contributed by atoms with van der Waals surface area (Å²) >= 11 is 0. The highest BCUT2D eigenvalue weighted by Crippen LogP contribution is 2.41. The second-order valence-electron chi connectivity index (χ2n) is 7.74. The topological polar surface area (TPSA) is 88.1 Å². The van der Waals surface area contributed by atoms with Gasteiger partial charge in [0.2, 0.25) is 5.91 Å². The number of benzene rings is 2. The number of carbonyl (C=O) groups excluding carboxylic acids is 2. The highest BCUT2D eigenvalue weighted by molar-refractivity contribution is 5.94. The fourth-order valence-corrected chi connectivity index (χ4v) is 4.31. The fourth-order valence-electron chi connectivity index (χ4n) is 4.31. The van der Waals surface area contributed by atoms with Gasteiger partial charge in [0.25, 0.3) is 5.91 Å². The molecular weight excluding hydrogens is 384 g/mol. The van der Waals surface area contributed by atoms with Crippen LogP contribution < -0.4 is 10.2 Å². The summed E-state index contributed by atoms with van der Waals surface area (Å²) in [4.78, 5) is 27.4. The van der Waals surface area contributed by atoms with E-state index in [1.54, 1.807) is 23.7 Å². The minimum absolute atomic E-state index is 0.0756. The SMILES string of the molecule is CC1c2ccc(C(=O)NO)cc2OC[C@H](c2ccccc2)N1C(=O)C1CCOCC1. The molecule has 0 saturated carbocycles. The molecule has 7 nitrogen and oxygen atoms in total. The Morgan fingerprint density at radius 2 is 1.83 bits per heavy atom. The van der Waals surface area contributed by atoms with Crippen molar-refractivity contribution in [3.8, 4) is 5.75 Å². The largest absolute Gasteiger partial charge is 0.491 e. The molecule has 2 aliphatic heterocycles. The van der Waals surface area contributed by atoms with Gasteiger partial charge in [-0.3, -0.25) is 14.8 Å². The Balaban J connectivity index is 1.74. The van der Waals surface area contributed by atoms with Crippen molar-refractivity contribution in [2.24, 2.45) is 5.92 Å². The first-order chi connectivity index (χ1) is 14.6. The smallest absolute Gasteiger partial charge is 0.274 e. The maximum absolute atomic E-state index is 13.6. The summed E-state index contributed by atoms with van der Waals surface area (Å²) in [6.45, 7) is 3.47. The number of amides is 2. The molecule has 0 aliphatic carbocycles. The van der Waals surface area contributed by atoms with Crippen LogP contribution in [-0.2, 0) is 9.53 Å². The van der Waals surface area contributed by atoms with E-state index >= 15 is 0 Å². The van der Waals surface area contributed by atoms with Crippen LogP contribution in [0.25, 0.3) is 0 Å². The van der Waals surface area contributed by atoms with Crippen molar-refractivity contribution in [2.45, 2.75) is 31.8 Å². The highest BCUT2D eigenvalue weighted by atomic mass is 16.5. The van der Waals surface area contributed by atoms with Gasteiger partial charge in [-0.1, -0.05) is 36.4 Å². The number of nitrogens with zero attached hydrogens (tertiary/aromatic N) is 1. The van der Waals surface area contributed by atoms with Crippen molar-refractivity contribution < 1.29 is 24.3 Å². The number of carbonyl (C=O) groups is 2. The third kappa shape index (κ3) is 3.91. The quantitative estimate of drug-likeness (QED) is 0.599. The first-order valence-corrected chi connectivity index (χ1v) is 10.3. The summed E-state index contributed by atoms with van der Waals surface area (Å²) in [6.07, 6.45) is 1.43. The van der Waals surface area contributed by atoms with Crippen LogP contribution in [0.5, 0.6) is 5.75 Å². The van der Waals surface area contributed by atoms with Crippen LogP contribution in [0, 0.1) is 5.92 Å². The Kier molecular flexibility index (Phi) is 6.01. The minimum atomic E-state index is -0.604. The van der Waals surface area contributed by atoms with Crippen LogP contribution in [0.1, 0.15) is 53.3 Å². The Labute approximate surface area is 175 Å². The van der Waals surface area contributed by atoms with Crippen molar-refractivity contribution in [1.29, 1.82) is 0 Å². The summed E-state index contributed by atoms with van der Waals surface area (Å²) in [6, 6.07) is 14.4. The molecule has 2 heterocycles. The maximum Gasteiger partial charge on any atom is 0.274 e. The molecule has 4 rings (SSSR count). The van der Waals surface area contributed by atoms with Gasteiger partial charge >= 0.3 is 0 Å². The van der Waals surface area contributed by atoms with Crippen LogP contribution in [-0.4, -0.2) is 41.7 Å². The second-order valence-corrected chi connectivity index (χ2v) is 7.74. The van der Waals surface area contributed by atoms with Crippen LogP contribution in [0.4, 0.5) is 0 Å². The first kappa shape index (κ1) is 20.4. The van der Waals surface area contributed by atoms with E-state index in [2.05, 4.69) is 0 Å². The predicted octanol–water partition coefficient (Wildman–Crippen LogP) is 3.26. The van der Waals surface area contributed by atoms with Crippen LogP contribution in [0.2, 0.25) is 0 Å². The van der Waals surface area contributed by atoms with Gasteiger partial charge in [0.1, 0.15) is 12.4 Å². The maximum atomic E-state index is 13.6. The van der Waals surface area contributed by atoms with E-state index in [1.807, 2.05) is 42.2 Å². The average molecular weight is 410 g/mol. The summed E-state index contributed by atoms with van der Waals surface area (Å²) in [5.41, 5.74) is 3.79. The van der Waals surface area contributed by atoms with Crippen molar-refractivity contribution in [1.82, 2.24) is 10.4 Å². The molecule has 0 aromatic heterocycles. The van der Waals surface area contributed by atoms with E-state index in [9.17, 15) is 9.59 Å². The number of ether oxygens (including phenoxy) is 2. The van der Waals surface area contributed by atoms with E-state index in [4.69, 9.17) is 14.7 Å². The molecular formula is C23H26N2O5. The van der Waals surface area contributed by atoms with Crippen LogP contribution in [0.3, 0.4) is 0 Å².